The lowest BCUT2D eigenvalue weighted by molar-refractivity contribution is 0.291. The topological polar surface area (TPSA) is 52.0 Å². The van der Waals surface area contributed by atoms with E-state index in [1.807, 2.05) is 25.4 Å². The van der Waals surface area contributed by atoms with Crippen molar-refractivity contribution in [3.63, 3.8) is 0 Å². The predicted octanol–water partition coefficient (Wildman–Crippen LogP) is 3.84. The summed E-state index contributed by atoms with van der Waals surface area (Å²) in [4.78, 5) is 0. The molecule has 0 bridgehead atoms. The van der Waals surface area contributed by atoms with Crippen LogP contribution in [0.1, 0.15) is 56.7 Å². The molecule has 1 aromatic heterocycles. The number of hydrogen-bond donors (Lipinski definition) is 1. The molecule has 1 saturated carbocycles. The minimum absolute atomic E-state index is 0.447. The fraction of sp³-hybridized carbons (Fsp3) is 0.600. The number of rotatable bonds is 8. The summed E-state index contributed by atoms with van der Waals surface area (Å²) in [6, 6.07) is 8.78. The molecule has 0 radical (unpaired) electrons. The van der Waals surface area contributed by atoms with E-state index in [0.717, 1.165) is 23.9 Å². The number of aryl methyl sites for hydroxylation is 1. The predicted molar refractivity (Wildman–Crippen MR) is 99.3 cm³/mol. The average Bonchev–Trinajstić information content (AvgIpc) is 3.05. The van der Waals surface area contributed by atoms with Crippen LogP contribution >= 0.6 is 0 Å². The maximum atomic E-state index is 5.96. The highest BCUT2D eigenvalue weighted by atomic mass is 16.5. The van der Waals surface area contributed by atoms with Crippen molar-refractivity contribution in [2.45, 2.75) is 64.6 Å². The number of ether oxygens (including phenoxy) is 1. The van der Waals surface area contributed by atoms with Crippen molar-refractivity contribution in [1.29, 1.82) is 0 Å². The molecular formula is C20H30N4O. The SMILES string of the molecule is CC(CC1CCCCC1)NCc1ccccc1OCc1cn(C)nn1. The van der Waals surface area contributed by atoms with Gasteiger partial charge >= 0.3 is 0 Å². The molecule has 5 nitrogen and oxygen atoms in total. The van der Waals surface area contributed by atoms with Crippen LogP contribution in [0.2, 0.25) is 0 Å². The van der Waals surface area contributed by atoms with Gasteiger partial charge < -0.3 is 10.1 Å². The van der Waals surface area contributed by atoms with Crippen molar-refractivity contribution in [3.05, 3.63) is 41.7 Å². The van der Waals surface area contributed by atoms with Gasteiger partial charge in [-0.05, 0) is 25.3 Å². The second kappa shape index (κ2) is 8.99. The highest BCUT2D eigenvalue weighted by Gasteiger charge is 2.16. The smallest absolute Gasteiger partial charge is 0.134 e. The van der Waals surface area contributed by atoms with Crippen molar-refractivity contribution in [1.82, 2.24) is 20.3 Å². The summed E-state index contributed by atoms with van der Waals surface area (Å²) >= 11 is 0. The molecule has 1 aliphatic rings. The summed E-state index contributed by atoms with van der Waals surface area (Å²) in [7, 11) is 1.86. The average molecular weight is 342 g/mol. The van der Waals surface area contributed by atoms with E-state index in [4.69, 9.17) is 4.74 Å². The zero-order valence-corrected chi connectivity index (χ0v) is 15.4. The third-order valence-electron chi connectivity index (χ3n) is 5.05. The van der Waals surface area contributed by atoms with E-state index < -0.39 is 0 Å². The Bertz CT molecular complexity index is 649. The zero-order chi connectivity index (χ0) is 17.5. The first-order valence-electron chi connectivity index (χ1n) is 9.50. The van der Waals surface area contributed by atoms with Crippen molar-refractivity contribution in [2.24, 2.45) is 13.0 Å². The van der Waals surface area contributed by atoms with Crippen LogP contribution in [0.5, 0.6) is 5.75 Å². The van der Waals surface area contributed by atoms with Crippen molar-refractivity contribution in [2.75, 3.05) is 0 Å². The molecule has 1 atom stereocenters. The lowest BCUT2D eigenvalue weighted by Gasteiger charge is -2.25. The lowest BCUT2D eigenvalue weighted by atomic mass is 9.85. The Morgan fingerprint density at radius 2 is 2.04 bits per heavy atom. The molecule has 1 N–H and O–H groups in total. The molecule has 2 aromatic rings. The molecule has 1 fully saturated rings. The first-order valence-corrected chi connectivity index (χ1v) is 9.50. The number of aromatic nitrogens is 3. The van der Waals surface area contributed by atoms with E-state index >= 15 is 0 Å². The van der Waals surface area contributed by atoms with E-state index in [-0.39, 0.29) is 0 Å². The molecule has 0 aliphatic heterocycles. The molecule has 0 saturated heterocycles. The van der Waals surface area contributed by atoms with Gasteiger partial charge in [0.1, 0.15) is 18.1 Å². The molecule has 1 aliphatic carbocycles. The third kappa shape index (κ3) is 5.56. The number of para-hydroxylation sites is 1. The maximum absolute atomic E-state index is 5.96. The van der Waals surface area contributed by atoms with E-state index in [1.165, 1.54) is 44.1 Å². The summed E-state index contributed by atoms with van der Waals surface area (Å²) in [6.45, 7) is 3.59. The molecular weight excluding hydrogens is 312 g/mol. The van der Waals surface area contributed by atoms with Crippen LogP contribution in [-0.4, -0.2) is 21.0 Å². The van der Waals surface area contributed by atoms with E-state index in [9.17, 15) is 0 Å². The van der Waals surface area contributed by atoms with E-state index in [1.54, 1.807) is 4.68 Å². The number of hydrogen-bond acceptors (Lipinski definition) is 4. The molecule has 5 heteroatoms. The fourth-order valence-corrected chi connectivity index (χ4v) is 3.69. The molecule has 1 heterocycles. The first kappa shape index (κ1) is 17.9. The van der Waals surface area contributed by atoms with Gasteiger partial charge in [0.2, 0.25) is 0 Å². The van der Waals surface area contributed by atoms with Gasteiger partial charge in [-0.2, -0.15) is 0 Å². The maximum Gasteiger partial charge on any atom is 0.134 e. The minimum Gasteiger partial charge on any atom is -0.487 e. The van der Waals surface area contributed by atoms with Crippen LogP contribution in [0.25, 0.3) is 0 Å². The van der Waals surface area contributed by atoms with Crippen LogP contribution in [0, 0.1) is 5.92 Å². The molecule has 1 unspecified atom stereocenters. The van der Waals surface area contributed by atoms with Gasteiger partial charge in [0.25, 0.3) is 0 Å². The Kier molecular flexibility index (Phi) is 6.45. The van der Waals surface area contributed by atoms with E-state index in [2.05, 4.69) is 34.7 Å². The molecule has 25 heavy (non-hydrogen) atoms. The largest absolute Gasteiger partial charge is 0.487 e. The Hall–Kier alpha value is -1.88. The lowest BCUT2D eigenvalue weighted by Crippen LogP contribution is -2.28. The summed E-state index contributed by atoms with van der Waals surface area (Å²) in [5, 5.41) is 11.7. The van der Waals surface area contributed by atoms with Gasteiger partial charge in [0.05, 0.1) is 6.20 Å². The van der Waals surface area contributed by atoms with Gasteiger partial charge in [-0.1, -0.05) is 55.5 Å². The number of benzene rings is 1. The van der Waals surface area contributed by atoms with Crippen molar-refractivity contribution >= 4 is 0 Å². The van der Waals surface area contributed by atoms with E-state index in [0.29, 0.717) is 12.6 Å². The standard InChI is InChI=1S/C20H30N4O/c1-16(12-17-8-4-3-5-9-17)21-13-18-10-6-7-11-20(18)25-15-19-14-24(2)23-22-19/h6-7,10-11,14,16-17,21H,3-5,8-9,12-13,15H2,1-2H3. The van der Waals surface area contributed by atoms with Gasteiger partial charge in [-0.15, -0.1) is 5.10 Å². The van der Waals surface area contributed by atoms with Gasteiger partial charge in [-0.3, -0.25) is 4.68 Å². The quantitative estimate of drug-likeness (QED) is 0.792. The van der Waals surface area contributed by atoms with Crippen LogP contribution in [0.4, 0.5) is 0 Å². The monoisotopic (exact) mass is 342 g/mol. The molecule has 1 aromatic carbocycles. The number of nitrogens with one attached hydrogen (secondary N) is 1. The number of nitrogens with zero attached hydrogens (tertiary/aromatic N) is 3. The second-order valence-electron chi connectivity index (χ2n) is 7.30. The minimum atomic E-state index is 0.447. The first-order chi connectivity index (χ1) is 12.2. The molecule has 3 rings (SSSR count). The third-order valence-corrected chi connectivity index (χ3v) is 5.05. The van der Waals surface area contributed by atoms with Crippen LogP contribution in [-0.2, 0) is 20.2 Å². The fourth-order valence-electron chi connectivity index (χ4n) is 3.69. The summed E-state index contributed by atoms with van der Waals surface area (Å²) in [6.07, 6.45) is 10.2. The molecule has 0 amide bonds. The normalized spacial score (nSPS) is 16.7. The Morgan fingerprint density at radius 3 is 2.80 bits per heavy atom. The summed E-state index contributed by atoms with van der Waals surface area (Å²) in [5.74, 6) is 1.82. The highest BCUT2D eigenvalue weighted by molar-refractivity contribution is 5.33. The Labute approximate surface area is 150 Å². The molecule has 136 valence electrons. The highest BCUT2D eigenvalue weighted by Crippen LogP contribution is 2.27. The zero-order valence-electron chi connectivity index (χ0n) is 15.4. The Morgan fingerprint density at radius 1 is 1.24 bits per heavy atom. The summed E-state index contributed by atoms with van der Waals surface area (Å²) in [5.41, 5.74) is 2.04. The van der Waals surface area contributed by atoms with Gasteiger partial charge in [0, 0.05) is 25.2 Å². The second-order valence-corrected chi connectivity index (χ2v) is 7.30. The van der Waals surface area contributed by atoms with Crippen molar-refractivity contribution in [3.8, 4) is 5.75 Å². The van der Waals surface area contributed by atoms with Crippen LogP contribution in [0.15, 0.2) is 30.5 Å². The van der Waals surface area contributed by atoms with Crippen LogP contribution < -0.4 is 10.1 Å². The summed E-state index contributed by atoms with van der Waals surface area (Å²) < 4.78 is 7.66. The van der Waals surface area contributed by atoms with Gasteiger partial charge in [-0.25, -0.2) is 0 Å². The Balaban J connectivity index is 1.49. The van der Waals surface area contributed by atoms with Gasteiger partial charge in [0.15, 0.2) is 0 Å². The molecule has 0 spiro atoms. The van der Waals surface area contributed by atoms with Crippen molar-refractivity contribution < 1.29 is 4.74 Å². The van der Waals surface area contributed by atoms with Crippen LogP contribution in [0.3, 0.4) is 0 Å².